The smallest absolute Gasteiger partial charge is 0.305 e. The topological polar surface area (TPSA) is 94.8 Å². The minimum Gasteiger partial charge on any atom is -0.481 e. The molecule has 1 fully saturated rings. The maximum Gasteiger partial charge on any atom is 0.305 e. The van der Waals surface area contributed by atoms with Crippen LogP contribution in [0.3, 0.4) is 0 Å². The van der Waals surface area contributed by atoms with Gasteiger partial charge in [0.1, 0.15) is 5.82 Å². The Balaban J connectivity index is 1.69. The molecule has 0 heterocycles. The molecule has 0 bridgehead atoms. The Hall–Kier alpha value is -2.71. The van der Waals surface area contributed by atoms with Gasteiger partial charge in [0.2, 0.25) is 0 Å². The molecule has 0 amide bonds. The predicted molar refractivity (Wildman–Crippen MR) is 120 cm³/mol. The Morgan fingerprint density at radius 1 is 1.22 bits per heavy atom. The van der Waals surface area contributed by atoms with Crippen molar-refractivity contribution in [1.29, 1.82) is 0 Å². The Kier molecular flexibility index (Phi) is 6.09. The van der Waals surface area contributed by atoms with E-state index in [0.29, 0.717) is 0 Å². The van der Waals surface area contributed by atoms with Crippen molar-refractivity contribution in [3.8, 4) is 11.6 Å². The number of hydrogen-bond donors (Lipinski definition) is 3. The van der Waals surface area contributed by atoms with Crippen LogP contribution >= 0.6 is 7.37 Å². The molecule has 2 aliphatic rings. The van der Waals surface area contributed by atoms with E-state index in [1.54, 1.807) is 12.1 Å². The normalized spacial score (nSPS) is 24.2. The maximum absolute atomic E-state index is 13.5. The number of aliphatic hydroxyl groups excluding tert-OH is 1. The average Bonchev–Trinajstić information content (AvgIpc) is 3.28. The van der Waals surface area contributed by atoms with Gasteiger partial charge in [0.15, 0.2) is 0 Å². The maximum atomic E-state index is 13.5. The third-order valence-corrected chi connectivity index (χ3v) is 7.66. The molecule has 2 aromatic carbocycles. The second-order valence-corrected chi connectivity index (χ2v) is 10.5. The van der Waals surface area contributed by atoms with Gasteiger partial charge < -0.3 is 15.1 Å². The van der Waals surface area contributed by atoms with E-state index in [1.807, 2.05) is 18.2 Å². The summed E-state index contributed by atoms with van der Waals surface area (Å²) in [6.07, 6.45) is 2.07. The van der Waals surface area contributed by atoms with Crippen LogP contribution in [0.5, 0.6) is 0 Å². The number of benzene rings is 2. The highest BCUT2D eigenvalue weighted by atomic mass is 31.2. The van der Waals surface area contributed by atoms with Crippen LogP contribution in [0.4, 0.5) is 4.39 Å². The zero-order valence-electron chi connectivity index (χ0n) is 17.4. The summed E-state index contributed by atoms with van der Waals surface area (Å²) in [5, 5.41) is 18.5. The lowest BCUT2D eigenvalue weighted by Gasteiger charge is -2.28. The first-order valence-electron chi connectivity index (χ1n) is 10.5. The van der Waals surface area contributed by atoms with Gasteiger partial charge in [-0.25, -0.2) is 4.39 Å². The second kappa shape index (κ2) is 8.67. The van der Waals surface area contributed by atoms with Crippen LogP contribution in [-0.2, 0) is 14.8 Å². The Labute approximate surface area is 186 Å². The summed E-state index contributed by atoms with van der Waals surface area (Å²) in [4.78, 5) is 20.9. The number of rotatable bonds is 5. The first-order valence-corrected chi connectivity index (χ1v) is 12.4. The largest absolute Gasteiger partial charge is 0.481 e. The summed E-state index contributed by atoms with van der Waals surface area (Å²) in [7, 11) is -4.01. The quantitative estimate of drug-likeness (QED) is 0.461. The fraction of sp³-hybridized carbons (Fsp3) is 0.320. The van der Waals surface area contributed by atoms with Crippen LogP contribution in [0.15, 0.2) is 54.6 Å². The molecule has 2 aliphatic carbocycles. The van der Waals surface area contributed by atoms with Gasteiger partial charge in [0.25, 0.3) is 7.37 Å². The molecular formula is C25H24FO5P. The lowest BCUT2D eigenvalue weighted by molar-refractivity contribution is -0.138. The summed E-state index contributed by atoms with van der Waals surface area (Å²) >= 11 is 0. The lowest BCUT2D eigenvalue weighted by atomic mass is 9.74. The minimum absolute atomic E-state index is 0.196. The fourth-order valence-corrected chi connectivity index (χ4v) is 6.06. The van der Waals surface area contributed by atoms with E-state index < -0.39 is 37.4 Å². The van der Waals surface area contributed by atoms with Crippen LogP contribution in [0.1, 0.15) is 42.4 Å². The van der Waals surface area contributed by atoms with Gasteiger partial charge in [-0.05, 0) is 52.9 Å². The zero-order valence-corrected chi connectivity index (χ0v) is 18.3. The van der Waals surface area contributed by atoms with Crippen LogP contribution in [0.2, 0.25) is 0 Å². The molecule has 1 saturated carbocycles. The highest BCUT2D eigenvalue weighted by Gasteiger charge is 2.47. The summed E-state index contributed by atoms with van der Waals surface area (Å²) in [6.45, 7) is 0. The molecular weight excluding hydrogens is 430 g/mol. The highest BCUT2D eigenvalue weighted by molar-refractivity contribution is 7.63. The standard InChI is InChI=1S/C25H24FO5P/c26-19-9-7-17(8-10-19)22-15-25(23-6-2-1-5-21(22)23)12-3-4-18(25)11-13-32(30,31)16-20(27)14-24(28)29/h1-2,5-10,15,18,20,27H,3-4,12,14,16H2,(H,28,29)(H,30,31)/t18?,20-,25?/m0/s1. The van der Waals surface area contributed by atoms with E-state index in [2.05, 4.69) is 23.7 Å². The van der Waals surface area contributed by atoms with Crippen LogP contribution in [0.25, 0.3) is 5.57 Å². The molecule has 1 spiro atoms. The first-order chi connectivity index (χ1) is 15.2. The molecule has 3 N–H and O–H groups in total. The third-order valence-electron chi connectivity index (χ3n) is 6.26. The van der Waals surface area contributed by atoms with E-state index in [-0.39, 0.29) is 11.7 Å². The van der Waals surface area contributed by atoms with E-state index in [9.17, 15) is 23.7 Å². The number of fused-ring (bicyclic) bond motifs is 2. The Morgan fingerprint density at radius 3 is 2.66 bits per heavy atom. The Morgan fingerprint density at radius 2 is 1.94 bits per heavy atom. The monoisotopic (exact) mass is 454 g/mol. The molecule has 0 radical (unpaired) electrons. The van der Waals surface area contributed by atoms with Gasteiger partial charge in [-0.2, -0.15) is 0 Å². The van der Waals surface area contributed by atoms with Crippen molar-refractivity contribution in [2.45, 2.75) is 37.2 Å². The van der Waals surface area contributed by atoms with E-state index in [1.165, 1.54) is 12.1 Å². The second-order valence-electron chi connectivity index (χ2n) is 8.49. The van der Waals surface area contributed by atoms with Crippen molar-refractivity contribution in [3.05, 3.63) is 77.1 Å². The number of aliphatic carboxylic acids is 1. The number of carboxylic acid groups (broad SMARTS) is 1. The average molecular weight is 454 g/mol. The number of aliphatic hydroxyl groups is 1. The van der Waals surface area contributed by atoms with Gasteiger partial charge in [0, 0.05) is 11.3 Å². The molecule has 4 atom stereocenters. The van der Waals surface area contributed by atoms with E-state index >= 15 is 0 Å². The van der Waals surface area contributed by atoms with Crippen LogP contribution in [-0.4, -0.2) is 33.3 Å². The lowest BCUT2D eigenvalue weighted by Crippen LogP contribution is -2.25. The number of carbonyl (C=O) groups is 1. The van der Waals surface area contributed by atoms with Crippen molar-refractivity contribution < 1.29 is 28.9 Å². The van der Waals surface area contributed by atoms with E-state index in [0.717, 1.165) is 41.5 Å². The Bertz CT molecular complexity index is 1180. The number of hydrogen-bond acceptors (Lipinski definition) is 3. The number of carboxylic acids is 1. The number of halogens is 1. The molecule has 3 unspecified atom stereocenters. The molecule has 2 aromatic rings. The summed E-state index contributed by atoms with van der Waals surface area (Å²) in [5.41, 5.74) is 6.13. The SMILES string of the molecule is O=C(O)C[C@H](O)CP(=O)(O)C#CC1CCCC12C=C(c1ccc(F)cc1)c1ccccc12. The molecule has 0 aliphatic heterocycles. The fourth-order valence-electron chi connectivity index (χ4n) is 4.91. The molecule has 5 nitrogen and oxygen atoms in total. The van der Waals surface area contributed by atoms with Crippen LogP contribution in [0, 0.1) is 23.3 Å². The molecule has 0 aromatic heterocycles. The van der Waals surface area contributed by atoms with Crippen molar-refractivity contribution in [3.63, 3.8) is 0 Å². The van der Waals surface area contributed by atoms with Gasteiger partial charge in [-0.1, -0.05) is 54.8 Å². The van der Waals surface area contributed by atoms with Crippen molar-refractivity contribution in [2.24, 2.45) is 5.92 Å². The number of allylic oxidation sites excluding steroid dienone is 1. The molecule has 0 saturated heterocycles. The highest BCUT2D eigenvalue weighted by Crippen LogP contribution is 2.55. The summed E-state index contributed by atoms with van der Waals surface area (Å²) < 4.78 is 26.0. The zero-order chi connectivity index (χ0) is 22.9. The van der Waals surface area contributed by atoms with Gasteiger partial charge in [0.05, 0.1) is 18.7 Å². The summed E-state index contributed by atoms with van der Waals surface area (Å²) in [6, 6.07) is 14.4. The molecule has 7 heteroatoms. The van der Waals surface area contributed by atoms with E-state index in [4.69, 9.17) is 5.11 Å². The molecule has 4 rings (SSSR count). The van der Waals surface area contributed by atoms with Crippen molar-refractivity contribution >= 4 is 18.9 Å². The van der Waals surface area contributed by atoms with Crippen molar-refractivity contribution in [1.82, 2.24) is 0 Å². The molecule has 32 heavy (non-hydrogen) atoms. The van der Waals surface area contributed by atoms with Crippen LogP contribution < -0.4 is 0 Å². The van der Waals surface area contributed by atoms with Gasteiger partial charge in [-0.3, -0.25) is 9.36 Å². The third kappa shape index (κ3) is 4.42. The van der Waals surface area contributed by atoms with Gasteiger partial charge >= 0.3 is 5.97 Å². The molecule has 166 valence electrons. The minimum atomic E-state index is -4.01. The van der Waals surface area contributed by atoms with Crippen molar-refractivity contribution in [2.75, 3.05) is 6.16 Å². The first kappa shape index (κ1) is 22.5. The predicted octanol–water partition coefficient (Wildman–Crippen LogP) is 4.38. The van der Waals surface area contributed by atoms with Gasteiger partial charge in [-0.15, -0.1) is 0 Å². The summed E-state index contributed by atoms with van der Waals surface area (Å²) in [5.74, 6) is 1.28.